The second kappa shape index (κ2) is 9.37. The third kappa shape index (κ3) is 4.25. The third-order valence-electron chi connectivity index (χ3n) is 6.99. The molecule has 0 amide bonds. The van der Waals surface area contributed by atoms with Crippen LogP contribution in [-0.2, 0) is 10.0 Å². The van der Waals surface area contributed by atoms with E-state index in [1.807, 2.05) is 6.92 Å². The van der Waals surface area contributed by atoms with Gasteiger partial charge >= 0.3 is 0 Å². The van der Waals surface area contributed by atoms with Crippen molar-refractivity contribution in [1.29, 1.82) is 0 Å². The summed E-state index contributed by atoms with van der Waals surface area (Å²) >= 11 is 0. The molecule has 1 aromatic carbocycles. The second-order valence-electron chi connectivity index (χ2n) is 9.60. The molecule has 4 aromatic heterocycles. The van der Waals surface area contributed by atoms with Crippen LogP contribution in [-0.4, -0.2) is 61.3 Å². The topological polar surface area (TPSA) is 139 Å². The Balaban J connectivity index is 1.55. The second-order valence-corrected chi connectivity index (χ2v) is 11.4. The van der Waals surface area contributed by atoms with Crippen molar-refractivity contribution < 1.29 is 13.5 Å². The van der Waals surface area contributed by atoms with Gasteiger partial charge in [0.05, 0.1) is 28.3 Å². The van der Waals surface area contributed by atoms with Crippen molar-refractivity contribution in [1.82, 2.24) is 28.5 Å². The van der Waals surface area contributed by atoms with E-state index in [9.17, 15) is 13.5 Å². The van der Waals surface area contributed by atoms with Crippen molar-refractivity contribution in [3.63, 3.8) is 0 Å². The lowest BCUT2D eigenvalue weighted by Crippen LogP contribution is -2.29. The number of rotatable bonds is 6. The van der Waals surface area contributed by atoms with Crippen LogP contribution in [0.1, 0.15) is 31.2 Å². The SMILES string of the molecule is CNc1nc(NC2CCC(O)CC2)nc2c1c(-c1ccn3nccc3n1)cn2S(=O)(=O)c1ccc(C)cc1. The van der Waals surface area contributed by atoms with Crippen LogP contribution in [0, 0.1) is 6.92 Å². The molecule has 1 aliphatic carbocycles. The highest BCUT2D eigenvalue weighted by Gasteiger charge is 2.27. The number of aromatic nitrogens is 6. The zero-order valence-electron chi connectivity index (χ0n) is 21.0. The van der Waals surface area contributed by atoms with Gasteiger partial charge in [0, 0.05) is 37.1 Å². The number of aryl methyl sites for hydroxylation is 1. The van der Waals surface area contributed by atoms with E-state index in [1.54, 1.807) is 66.6 Å². The molecule has 1 aliphatic rings. The fraction of sp³-hybridized carbons (Fsp3) is 0.308. The molecule has 0 unspecified atom stereocenters. The maximum absolute atomic E-state index is 13.9. The van der Waals surface area contributed by atoms with Gasteiger partial charge in [0.2, 0.25) is 5.95 Å². The molecule has 12 heteroatoms. The minimum absolute atomic E-state index is 0.0862. The average Bonchev–Trinajstić information content (AvgIpc) is 3.54. The number of hydrogen-bond acceptors (Lipinski definition) is 9. The molecule has 38 heavy (non-hydrogen) atoms. The molecule has 5 aromatic rings. The van der Waals surface area contributed by atoms with Crippen LogP contribution in [0.3, 0.4) is 0 Å². The Hall–Kier alpha value is -4.03. The summed E-state index contributed by atoms with van der Waals surface area (Å²) in [6.45, 7) is 1.91. The number of nitrogens with one attached hydrogen (secondary N) is 2. The molecular formula is C26H28N8O3S. The normalized spacial score (nSPS) is 18.2. The van der Waals surface area contributed by atoms with E-state index in [4.69, 9.17) is 15.0 Å². The van der Waals surface area contributed by atoms with Gasteiger partial charge in [0.25, 0.3) is 10.0 Å². The maximum Gasteiger partial charge on any atom is 0.269 e. The van der Waals surface area contributed by atoms with Crippen LogP contribution in [0.15, 0.2) is 59.9 Å². The predicted molar refractivity (Wildman–Crippen MR) is 145 cm³/mol. The minimum Gasteiger partial charge on any atom is -0.393 e. The lowest BCUT2D eigenvalue weighted by atomic mass is 9.93. The molecule has 0 radical (unpaired) electrons. The number of benzene rings is 1. The first-order valence-electron chi connectivity index (χ1n) is 12.5. The van der Waals surface area contributed by atoms with Gasteiger partial charge in [-0.2, -0.15) is 15.1 Å². The lowest BCUT2D eigenvalue weighted by molar-refractivity contribution is 0.126. The minimum atomic E-state index is -3.99. The number of hydrogen-bond donors (Lipinski definition) is 3. The van der Waals surface area contributed by atoms with E-state index in [0.717, 1.165) is 18.4 Å². The number of fused-ring (bicyclic) bond motifs is 2. The van der Waals surface area contributed by atoms with Gasteiger partial charge < -0.3 is 15.7 Å². The smallest absolute Gasteiger partial charge is 0.269 e. The van der Waals surface area contributed by atoms with Crippen molar-refractivity contribution in [2.24, 2.45) is 0 Å². The van der Waals surface area contributed by atoms with Crippen LogP contribution in [0.5, 0.6) is 0 Å². The van der Waals surface area contributed by atoms with Crippen LogP contribution < -0.4 is 10.6 Å². The lowest BCUT2D eigenvalue weighted by Gasteiger charge is -2.26. The monoisotopic (exact) mass is 532 g/mol. The largest absolute Gasteiger partial charge is 0.393 e. The van der Waals surface area contributed by atoms with Crippen molar-refractivity contribution in [3.8, 4) is 11.3 Å². The zero-order chi connectivity index (χ0) is 26.4. The molecule has 0 saturated heterocycles. The predicted octanol–water partition coefficient (Wildman–Crippen LogP) is 3.44. The Bertz CT molecular complexity index is 1740. The van der Waals surface area contributed by atoms with Crippen LogP contribution in [0.4, 0.5) is 11.8 Å². The first-order chi connectivity index (χ1) is 18.3. The summed E-state index contributed by atoms with van der Waals surface area (Å²) in [4.78, 5) is 14.3. The number of nitrogens with zero attached hydrogens (tertiary/aromatic N) is 6. The fourth-order valence-corrected chi connectivity index (χ4v) is 6.22. The molecule has 196 valence electrons. The molecule has 0 spiro atoms. The summed E-state index contributed by atoms with van der Waals surface area (Å²) in [7, 11) is -2.25. The Morgan fingerprint density at radius 1 is 1.00 bits per heavy atom. The van der Waals surface area contributed by atoms with E-state index in [-0.39, 0.29) is 22.7 Å². The standard InChI is InChI=1S/C26H28N8O3S/c1-16-3-9-19(10-4-16)38(36,37)34-15-20(21-12-14-33-22(30-21)11-13-28-33)23-24(27-2)31-26(32-25(23)34)29-17-5-7-18(35)8-6-17/h3-4,9-15,17-18,35H,5-8H2,1-2H3,(H2,27,29,31,32). The Kier molecular flexibility index (Phi) is 6.00. The fourth-order valence-electron chi connectivity index (χ4n) is 4.91. The maximum atomic E-state index is 13.9. The van der Waals surface area contributed by atoms with E-state index in [1.165, 1.54) is 3.97 Å². The van der Waals surface area contributed by atoms with Crippen molar-refractivity contribution in [2.45, 2.75) is 49.6 Å². The highest BCUT2D eigenvalue weighted by molar-refractivity contribution is 7.90. The van der Waals surface area contributed by atoms with Crippen LogP contribution >= 0.6 is 0 Å². The first-order valence-corrected chi connectivity index (χ1v) is 14.0. The van der Waals surface area contributed by atoms with Crippen molar-refractivity contribution >= 4 is 38.5 Å². The molecule has 0 aliphatic heterocycles. The Morgan fingerprint density at radius 3 is 2.50 bits per heavy atom. The molecule has 1 fully saturated rings. The first kappa shape index (κ1) is 24.3. The van der Waals surface area contributed by atoms with Gasteiger partial charge in [-0.1, -0.05) is 17.7 Å². The molecule has 3 N–H and O–H groups in total. The van der Waals surface area contributed by atoms with E-state index in [0.29, 0.717) is 46.9 Å². The van der Waals surface area contributed by atoms with Gasteiger partial charge in [-0.15, -0.1) is 0 Å². The molecular weight excluding hydrogens is 504 g/mol. The molecule has 0 bridgehead atoms. The quantitative estimate of drug-likeness (QED) is 0.300. The van der Waals surface area contributed by atoms with Gasteiger partial charge in [-0.25, -0.2) is 21.9 Å². The summed E-state index contributed by atoms with van der Waals surface area (Å²) in [5, 5.41) is 21.1. The van der Waals surface area contributed by atoms with Gasteiger partial charge in [-0.3, -0.25) is 0 Å². The van der Waals surface area contributed by atoms with E-state index >= 15 is 0 Å². The average molecular weight is 533 g/mol. The van der Waals surface area contributed by atoms with Crippen LogP contribution in [0.25, 0.3) is 27.9 Å². The zero-order valence-corrected chi connectivity index (χ0v) is 21.9. The number of anilines is 2. The van der Waals surface area contributed by atoms with E-state index in [2.05, 4.69) is 15.7 Å². The van der Waals surface area contributed by atoms with Crippen molar-refractivity contribution in [2.75, 3.05) is 17.7 Å². The molecule has 0 atom stereocenters. The number of aliphatic hydroxyl groups is 1. The van der Waals surface area contributed by atoms with Gasteiger partial charge in [-0.05, 0) is 50.8 Å². The van der Waals surface area contributed by atoms with E-state index < -0.39 is 10.0 Å². The summed E-state index contributed by atoms with van der Waals surface area (Å²) in [6.07, 6.45) is 7.66. The summed E-state index contributed by atoms with van der Waals surface area (Å²) in [5.74, 6) is 0.809. The summed E-state index contributed by atoms with van der Waals surface area (Å²) in [5.41, 5.74) is 2.99. The highest BCUT2D eigenvalue weighted by Crippen LogP contribution is 2.36. The highest BCUT2D eigenvalue weighted by atomic mass is 32.2. The van der Waals surface area contributed by atoms with Crippen LogP contribution in [0.2, 0.25) is 0 Å². The molecule has 1 saturated carbocycles. The molecule has 4 heterocycles. The Morgan fingerprint density at radius 2 is 1.76 bits per heavy atom. The molecule has 11 nitrogen and oxygen atoms in total. The Labute approximate surface area is 219 Å². The third-order valence-corrected chi connectivity index (χ3v) is 8.66. The van der Waals surface area contributed by atoms with Crippen molar-refractivity contribution in [3.05, 3.63) is 60.6 Å². The molecule has 6 rings (SSSR count). The number of aliphatic hydroxyl groups excluding tert-OH is 1. The summed E-state index contributed by atoms with van der Waals surface area (Å²) in [6, 6.07) is 10.4. The summed E-state index contributed by atoms with van der Waals surface area (Å²) < 4.78 is 30.7. The van der Waals surface area contributed by atoms with Gasteiger partial charge in [0.1, 0.15) is 5.82 Å². The van der Waals surface area contributed by atoms with Gasteiger partial charge in [0.15, 0.2) is 11.3 Å².